The van der Waals surface area contributed by atoms with Gasteiger partial charge in [0.25, 0.3) is 5.56 Å². The number of nitrogen functional groups attached to an aromatic ring is 1. The second kappa shape index (κ2) is 7.32. The second-order valence-corrected chi connectivity index (χ2v) is 7.84. The lowest BCUT2D eigenvalue weighted by molar-refractivity contribution is -0.0289. The summed E-state index contributed by atoms with van der Waals surface area (Å²) in [6.45, 7) is 0. The smallest absolute Gasteiger partial charge is 0.259 e. The van der Waals surface area contributed by atoms with Crippen molar-refractivity contribution >= 4 is 39.6 Å². The van der Waals surface area contributed by atoms with Gasteiger partial charge < -0.3 is 25.7 Å². The van der Waals surface area contributed by atoms with Gasteiger partial charge in [-0.15, -0.1) is 0 Å². The van der Waals surface area contributed by atoms with Crippen LogP contribution in [0.15, 0.2) is 46.9 Å². The zero-order chi connectivity index (χ0) is 20.8. The van der Waals surface area contributed by atoms with E-state index in [0.29, 0.717) is 27.2 Å². The van der Waals surface area contributed by atoms with E-state index < -0.39 is 24.5 Å². The van der Waals surface area contributed by atoms with Crippen LogP contribution in [0.5, 0.6) is 0 Å². The van der Waals surface area contributed by atoms with Crippen LogP contribution in [-0.4, -0.2) is 63.8 Å². The van der Waals surface area contributed by atoms with Crippen LogP contribution in [0.3, 0.4) is 0 Å². The van der Waals surface area contributed by atoms with Crippen LogP contribution in [-0.2, 0) is 4.74 Å². The Balaban J connectivity index is 1.36. The molecule has 5 rings (SSSR count). The molecule has 1 saturated heterocycles. The molecule has 1 aliphatic heterocycles. The van der Waals surface area contributed by atoms with Gasteiger partial charge in [-0.05, 0) is 12.1 Å². The Kier molecular flexibility index (Phi) is 4.62. The molecular formula is C18H17N7O4S. The van der Waals surface area contributed by atoms with E-state index in [-0.39, 0.29) is 17.1 Å². The standard InChI is InChI=1S/C18H17N7O4S/c19-14-11-15(21-6-20-14)25(7-22-11)17-13(27)12(26)10(29-17)5-30-18-23-9-4-2-1-3-8(9)16(28)24-18/h1-4,6-7,10,12-13,17,26-27H,5H2,(H2,19,20,21)(H,23,24,28)/t10?,12-,13-,17-/m1/s1. The lowest BCUT2D eigenvalue weighted by atomic mass is 10.1. The molecule has 154 valence electrons. The number of para-hydroxylation sites is 1. The SMILES string of the molecule is Nc1ncnc2c1ncn2[C@@H]1OC(CSc2nc3ccccc3c(=O)[nH]2)[C@@H](O)[C@H]1O. The van der Waals surface area contributed by atoms with Gasteiger partial charge in [-0.1, -0.05) is 23.9 Å². The van der Waals surface area contributed by atoms with Crippen molar-refractivity contribution < 1.29 is 14.9 Å². The molecule has 4 aromatic rings. The van der Waals surface area contributed by atoms with Gasteiger partial charge in [0.15, 0.2) is 22.8 Å². The summed E-state index contributed by atoms with van der Waals surface area (Å²) < 4.78 is 7.41. The van der Waals surface area contributed by atoms with Crippen LogP contribution in [0.1, 0.15) is 6.23 Å². The van der Waals surface area contributed by atoms with Crippen molar-refractivity contribution in [3.05, 3.63) is 47.3 Å². The third-order valence-electron chi connectivity index (χ3n) is 4.97. The van der Waals surface area contributed by atoms with Gasteiger partial charge in [0.05, 0.1) is 23.3 Å². The maximum absolute atomic E-state index is 12.2. The number of hydrogen-bond acceptors (Lipinski definition) is 10. The van der Waals surface area contributed by atoms with Crippen molar-refractivity contribution in [3.8, 4) is 0 Å². The lowest BCUT2D eigenvalue weighted by Crippen LogP contribution is -2.32. The normalized spacial score (nSPS) is 24.1. The Morgan fingerprint density at radius 1 is 1.20 bits per heavy atom. The van der Waals surface area contributed by atoms with Crippen LogP contribution < -0.4 is 11.3 Å². The summed E-state index contributed by atoms with van der Waals surface area (Å²) in [6, 6.07) is 7.04. The molecule has 0 radical (unpaired) electrons. The second-order valence-electron chi connectivity index (χ2n) is 6.83. The van der Waals surface area contributed by atoms with Gasteiger partial charge in [0.1, 0.15) is 24.1 Å². The van der Waals surface area contributed by atoms with Gasteiger partial charge in [0, 0.05) is 5.75 Å². The minimum atomic E-state index is -1.20. The Morgan fingerprint density at radius 3 is 2.90 bits per heavy atom. The average Bonchev–Trinajstić information content (AvgIpc) is 3.29. The summed E-state index contributed by atoms with van der Waals surface area (Å²) in [7, 11) is 0. The summed E-state index contributed by atoms with van der Waals surface area (Å²) in [4.78, 5) is 31.5. The number of hydrogen-bond donors (Lipinski definition) is 4. The highest BCUT2D eigenvalue weighted by Gasteiger charge is 2.44. The number of aliphatic hydroxyl groups is 2. The molecule has 12 heteroatoms. The van der Waals surface area contributed by atoms with Crippen molar-refractivity contribution in [2.24, 2.45) is 0 Å². The zero-order valence-corrected chi connectivity index (χ0v) is 16.2. The van der Waals surface area contributed by atoms with E-state index >= 15 is 0 Å². The minimum Gasteiger partial charge on any atom is -0.387 e. The van der Waals surface area contributed by atoms with Crippen molar-refractivity contribution in [2.75, 3.05) is 11.5 Å². The van der Waals surface area contributed by atoms with E-state index in [1.54, 1.807) is 24.3 Å². The maximum Gasteiger partial charge on any atom is 0.259 e. The number of aromatic nitrogens is 6. The Hall–Kier alpha value is -3.06. The first-order valence-corrected chi connectivity index (χ1v) is 10.1. The third kappa shape index (κ3) is 3.10. The number of ether oxygens (including phenoxy) is 1. The molecule has 0 bridgehead atoms. The summed E-state index contributed by atoms with van der Waals surface area (Å²) in [5.74, 6) is 0.477. The van der Waals surface area contributed by atoms with Gasteiger partial charge >= 0.3 is 0 Å². The van der Waals surface area contributed by atoms with Crippen LogP contribution in [0, 0.1) is 0 Å². The lowest BCUT2D eigenvalue weighted by Gasteiger charge is -2.16. The highest BCUT2D eigenvalue weighted by Crippen LogP contribution is 2.34. The molecule has 30 heavy (non-hydrogen) atoms. The molecule has 4 atom stereocenters. The quantitative estimate of drug-likeness (QED) is 0.258. The van der Waals surface area contributed by atoms with Gasteiger partial charge in [0.2, 0.25) is 0 Å². The number of aliphatic hydroxyl groups excluding tert-OH is 2. The number of aromatic amines is 1. The monoisotopic (exact) mass is 427 g/mol. The third-order valence-corrected chi connectivity index (χ3v) is 5.94. The van der Waals surface area contributed by atoms with E-state index in [1.165, 1.54) is 29.0 Å². The number of thioether (sulfide) groups is 1. The fourth-order valence-corrected chi connectivity index (χ4v) is 4.37. The van der Waals surface area contributed by atoms with Crippen LogP contribution in [0.2, 0.25) is 0 Å². The largest absolute Gasteiger partial charge is 0.387 e. The molecule has 1 aliphatic rings. The Labute approximate surface area is 173 Å². The number of H-pyrrole nitrogens is 1. The number of benzene rings is 1. The Bertz CT molecular complexity index is 1290. The molecule has 4 heterocycles. The highest BCUT2D eigenvalue weighted by molar-refractivity contribution is 7.99. The fourth-order valence-electron chi connectivity index (χ4n) is 3.45. The number of nitrogens with zero attached hydrogens (tertiary/aromatic N) is 5. The van der Waals surface area contributed by atoms with E-state index in [0.717, 1.165) is 0 Å². The molecular weight excluding hydrogens is 410 g/mol. The summed E-state index contributed by atoms with van der Waals surface area (Å²) in [6.07, 6.45) is -1.22. The maximum atomic E-state index is 12.2. The van der Waals surface area contributed by atoms with Crippen molar-refractivity contribution in [1.29, 1.82) is 0 Å². The van der Waals surface area contributed by atoms with Crippen LogP contribution >= 0.6 is 11.8 Å². The first-order valence-electron chi connectivity index (χ1n) is 9.09. The zero-order valence-electron chi connectivity index (χ0n) is 15.4. The van der Waals surface area contributed by atoms with Crippen LogP contribution in [0.4, 0.5) is 5.82 Å². The fraction of sp³-hybridized carbons (Fsp3) is 0.278. The van der Waals surface area contributed by atoms with E-state index in [9.17, 15) is 15.0 Å². The van der Waals surface area contributed by atoms with E-state index in [1.807, 2.05) is 0 Å². The van der Waals surface area contributed by atoms with Crippen molar-refractivity contribution in [3.63, 3.8) is 0 Å². The summed E-state index contributed by atoms with van der Waals surface area (Å²) in [5.41, 5.74) is 6.93. The van der Waals surface area contributed by atoms with Gasteiger partial charge in [-0.2, -0.15) is 0 Å². The first kappa shape index (κ1) is 18.9. The van der Waals surface area contributed by atoms with Gasteiger partial charge in [-0.3, -0.25) is 9.36 Å². The van der Waals surface area contributed by atoms with E-state index in [4.69, 9.17) is 10.5 Å². The number of anilines is 1. The average molecular weight is 427 g/mol. The molecule has 0 saturated carbocycles. The molecule has 11 nitrogen and oxygen atoms in total. The number of nitrogens with two attached hydrogens (primary N) is 1. The van der Waals surface area contributed by atoms with Crippen molar-refractivity contribution in [2.45, 2.75) is 29.7 Å². The number of fused-ring (bicyclic) bond motifs is 2. The highest BCUT2D eigenvalue weighted by atomic mass is 32.2. The van der Waals surface area contributed by atoms with E-state index in [2.05, 4.69) is 24.9 Å². The summed E-state index contributed by atoms with van der Waals surface area (Å²) in [5, 5.41) is 21.9. The first-order chi connectivity index (χ1) is 14.5. The molecule has 0 spiro atoms. The predicted octanol–water partition coefficient (Wildman–Crippen LogP) is 0.0565. The molecule has 0 amide bonds. The summed E-state index contributed by atoms with van der Waals surface area (Å²) >= 11 is 1.22. The number of rotatable bonds is 4. The topological polar surface area (TPSA) is 165 Å². The minimum absolute atomic E-state index is 0.213. The number of nitrogens with one attached hydrogen (secondary N) is 1. The predicted molar refractivity (Wildman–Crippen MR) is 109 cm³/mol. The molecule has 3 aromatic heterocycles. The molecule has 5 N–H and O–H groups in total. The van der Waals surface area contributed by atoms with Crippen molar-refractivity contribution in [1.82, 2.24) is 29.5 Å². The molecule has 1 aromatic carbocycles. The Morgan fingerprint density at radius 2 is 2.03 bits per heavy atom. The van der Waals surface area contributed by atoms with Crippen LogP contribution in [0.25, 0.3) is 22.1 Å². The number of imidazole rings is 1. The molecule has 1 fully saturated rings. The molecule has 0 aliphatic carbocycles. The van der Waals surface area contributed by atoms with Gasteiger partial charge in [-0.25, -0.2) is 19.9 Å². The molecule has 1 unspecified atom stereocenters.